The van der Waals surface area contributed by atoms with E-state index in [1.54, 1.807) is 6.92 Å². The van der Waals surface area contributed by atoms with Crippen molar-refractivity contribution >= 4 is 56.9 Å². The molecule has 23 heteroatoms. The molecule has 22 nitrogen and oxygen atoms in total. The molecule has 0 saturated carbocycles. The van der Waals surface area contributed by atoms with Crippen molar-refractivity contribution < 1.29 is 98.3 Å². The average Bonchev–Trinajstić information content (AvgIpc) is 3.23. The summed E-state index contributed by atoms with van der Waals surface area (Å²) < 4.78 is 97.5. The molecule has 0 radical (unpaired) electrons. The fourth-order valence-corrected chi connectivity index (χ4v) is 8.47. The highest BCUT2D eigenvalue weighted by Gasteiger charge is 2.53. The maximum atomic E-state index is 15.2. The highest BCUT2D eigenvalue weighted by molar-refractivity contribution is 7.87. The zero-order chi connectivity index (χ0) is 50.6. The third-order valence-electron chi connectivity index (χ3n) is 10.3. The van der Waals surface area contributed by atoms with E-state index >= 15 is 4.79 Å². The Bertz CT molecular complexity index is 2780. The fraction of sp³-hybridized carbons (Fsp3) is 0.413. The lowest BCUT2D eigenvalue weighted by Crippen LogP contribution is -2.62. The summed E-state index contributed by atoms with van der Waals surface area (Å²) in [6.45, 7) is 10.9. The number of aryl methyl sites for hydroxylation is 1. The maximum absolute atomic E-state index is 15.2. The minimum Gasteiger partial charge on any atom is -0.508 e. The number of carbonyl (C=O) groups excluding carboxylic acids is 6. The Morgan fingerprint density at radius 2 is 1.01 bits per heavy atom. The van der Waals surface area contributed by atoms with Gasteiger partial charge in [0.05, 0.1) is 12.2 Å². The molecule has 2 aliphatic rings. The summed E-state index contributed by atoms with van der Waals surface area (Å²) in [7, 11) is -4.82. The van der Waals surface area contributed by atoms with Gasteiger partial charge >= 0.3 is 45.9 Å². The standard InChI is InChI=1S/C46H48O22S/c1-20-10-16-32(17-11-20)69(55,56)68-34-19-31(65-45-43(63-27(8)51)41(61-25(6)49)37(21(2)57-45)59-23(4)47)18-33-35(34)36(54)40(39(66-33)29-12-14-30(53)15-13-29)67-46-44(64-28(9)52)42(62-26(7)50)38(22(3)58-46)60-24(5)48/h10-19,21-22,37-38,41-46,53H,1-9H3/t21-,22-,37-,38-,41+,42+,43+,44+,45-,46-/m0/s1. The first-order valence-corrected chi connectivity index (χ1v) is 22.5. The lowest BCUT2D eigenvalue weighted by Gasteiger charge is -2.43. The van der Waals surface area contributed by atoms with Crippen molar-refractivity contribution in [1.82, 2.24) is 0 Å². The van der Waals surface area contributed by atoms with Crippen LogP contribution in [0.1, 0.15) is 61.0 Å². The maximum Gasteiger partial charge on any atom is 0.339 e. The Morgan fingerprint density at radius 1 is 0.580 bits per heavy atom. The Morgan fingerprint density at radius 3 is 1.48 bits per heavy atom. The second-order valence-corrected chi connectivity index (χ2v) is 17.4. The summed E-state index contributed by atoms with van der Waals surface area (Å²) in [5.41, 5.74) is -0.812. The SMILES string of the molecule is CC(=O)O[C@@H]1[C@@H](OC(C)=O)[C@H](C)O[C@@H](Oc2cc(OS(=O)(=O)c3ccc(C)cc3)c3c(=O)c(O[C@@H]4O[C@@H](C)[C@H](OC(C)=O)[C@@H](OC(C)=O)[C@H]4OC(C)=O)c(-c4ccc(O)cc4)oc3c2)[C@@H]1OC(C)=O. The van der Waals surface area contributed by atoms with Crippen molar-refractivity contribution in [2.24, 2.45) is 0 Å². The second-order valence-electron chi connectivity index (χ2n) is 15.9. The number of ether oxygens (including phenoxy) is 10. The Balaban J connectivity index is 1.58. The Kier molecular flexibility index (Phi) is 15.5. The molecule has 3 aromatic carbocycles. The number of rotatable bonds is 14. The number of esters is 6. The normalized spacial score (nSPS) is 24.5. The first-order valence-electron chi connectivity index (χ1n) is 21.0. The number of fused-ring (bicyclic) bond motifs is 1. The van der Waals surface area contributed by atoms with Crippen LogP contribution in [0, 0.1) is 6.92 Å². The van der Waals surface area contributed by atoms with Gasteiger partial charge in [-0.15, -0.1) is 0 Å². The predicted octanol–water partition coefficient (Wildman–Crippen LogP) is 4.08. The fourth-order valence-electron chi connectivity index (χ4n) is 7.54. The molecule has 4 aromatic rings. The molecule has 0 amide bonds. The molecule has 0 spiro atoms. The van der Waals surface area contributed by atoms with E-state index in [0.29, 0.717) is 5.56 Å². The summed E-state index contributed by atoms with van der Waals surface area (Å²) in [6, 6.07) is 12.7. The summed E-state index contributed by atoms with van der Waals surface area (Å²) in [5, 5.41) is 9.61. The highest BCUT2D eigenvalue weighted by Crippen LogP contribution is 2.41. The van der Waals surface area contributed by atoms with Crippen LogP contribution < -0.4 is 19.1 Å². The van der Waals surface area contributed by atoms with Gasteiger partial charge in [0, 0.05) is 59.2 Å². The Labute approximate surface area is 393 Å². The van der Waals surface area contributed by atoms with Gasteiger partial charge in [0.2, 0.25) is 36.0 Å². The predicted molar refractivity (Wildman–Crippen MR) is 232 cm³/mol. The zero-order valence-corrected chi connectivity index (χ0v) is 39.3. The van der Waals surface area contributed by atoms with E-state index in [9.17, 15) is 42.3 Å². The molecule has 2 aliphatic heterocycles. The largest absolute Gasteiger partial charge is 0.508 e. The number of hydrogen-bond donors (Lipinski definition) is 1. The van der Waals surface area contributed by atoms with Crippen molar-refractivity contribution in [1.29, 1.82) is 0 Å². The van der Waals surface area contributed by atoms with E-state index in [1.807, 2.05) is 0 Å². The van der Waals surface area contributed by atoms with E-state index in [-0.39, 0.29) is 22.0 Å². The molecule has 370 valence electrons. The third-order valence-corrected chi connectivity index (χ3v) is 11.5. The minimum absolute atomic E-state index is 0.0604. The molecule has 10 atom stereocenters. The molecule has 3 heterocycles. The monoisotopic (exact) mass is 984 g/mol. The summed E-state index contributed by atoms with van der Waals surface area (Å²) >= 11 is 0. The first kappa shape index (κ1) is 51.2. The smallest absolute Gasteiger partial charge is 0.339 e. The summed E-state index contributed by atoms with van der Waals surface area (Å²) in [5.74, 6) is -7.59. The van der Waals surface area contributed by atoms with Crippen LogP contribution in [-0.2, 0) is 76.8 Å². The van der Waals surface area contributed by atoms with Gasteiger partial charge in [-0.3, -0.25) is 33.6 Å². The van der Waals surface area contributed by atoms with E-state index in [0.717, 1.165) is 53.7 Å². The van der Waals surface area contributed by atoms with Gasteiger partial charge in [-0.25, -0.2) is 0 Å². The lowest BCUT2D eigenvalue weighted by molar-refractivity contribution is -0.280. The van der Waals surface area contributed by atoms with Crippen LogP contribution in [0.25, 0.3) is 22.3 Å². The number of benzene rings is 3. The van der Waals surface area contributed by atoms with Gasteiger partial charge in [-0.2, -0.15) is 8.42 Å². The second kappa shape index (κ2) is 21.0. The summed E-state index contributed by atoms with van der Waals surface area (Å²) in [6.07, 6.45) is -14.9. The van der Waals surface area contributed by atoms with E-state index in [4.69, 9.17) is 56.0 Å². The van der Waals surface area contributed by atoms with Gasteiger partial charge in [-0.1, -0.05) is 17.7 Å². The topological polar surface area (TPSA) is 289 Å². The molecule has 0 unspecified atom stereocenters. The van der Waals surface area contributed by atoms with Crippen LogP contribution in [0.5, 0.6) is 23.0 Å². The van der Waals surface area contributed by atoms with Crippen LogP contribution in [0.3, 0.4) is 0 Å². The molecule has 69 heavy (non-hydrogen) atoms. The lowest BCUT2D eigenvalue weighted by atomic mass is 9.98. The van der Waals surface area contributed by atoms with Crippen LogP contribution in [0.15, 0.2) is 74.8 Å². The van der Waals surface area contributed by atoms with E-state index < -0.39 is 141 Å². The first-order chi connectivity index (χ1) is 32.4. The molecule has 2 saturated heterocycles. The van der Waals surface area contributed by atoms with Gasteiger partial charge in [-0.05, 0) is 57.2 Å². The van der Waals surface area contributed by atoms with Crippen LogP contribution >= 0.6 is 0 Å². The van der Waals surface area contributed by atoms with Gasteiger partial charge < -0.3 is 61.1 Å². The van der Waals surface area contributed by atoms with Crippen molar-refractivity contribution in [2.45, 2.75) is 129 Å². The van der Waals surface area contributed by atoms with Crippen LogP contribution in [0.4, 0.5) is 0 Å². The van der Waals surface area contributed by atoms with Gasteiger partial charge in [0.25, 0.3) is 0 Å². The zero-order valence-electron chi connectivity index (χ0n) is 38.5. The number of phenolic OH excluding ortho intramolecular Hbond substituents is 1. The van der Waals surface area contributed by atoms with Crippen molar-refractivity contribution in [3.63, 3.8) is 0 Å². The number of hydrogen-bond acceptors (Lipinski definition) is 22. The molecule has 2 fully saturated rings. The molecule has 1 N–H and O–H groups in total. The Hall–Kier alpha value is -7.24. The van der Waals surface area contributed by atoms with Gasteiger partial charge in [0.1, 0.15) is 27.4 Å². The van der Waals surface area contributed by atoms with Crippen molar-refractivity contribution in [2.75, 3.05) is 0 Å². The van der Waals surface area contributed by atoms with Crippen LogP contribution in [0.2, 0.25) is 0 Å². The van der Waals surface area contributed by atoms with Crippen molar-refractivity contribution in [3.8, 4) is 34.3 Å². The molecule has 1 aromatic heterocycles. The number of aromatic hydroxyl groups is 1. The molecule has 0 bridgehead atoms. The number of carbonyl (C=O) groups is 6. The quantitative estimate of drug-likeness (QED) is 0.106. The van der Waals surface area contributed by atoms with E-state index in [2.05, 4.69) is 0 Å². The minimum atomic E-state index is -4.82. The van der Waals surface area contributed by atoms with Crippen LogP contribution in [-0.4, -0.2) is 111 Å². The molecule has 0 aliphatic carbocycles. The van der Waals surface area contributed by atoms with Crippen molar-refractivity contribution in [3.05, 3.63) is 76.5 Å². The molecular weight excluding hydrogens is 937 g/mol. The third kappa shape index (κ3) is 12.1. The number of phenols is 1. The highest BCUT2D eigenvalue weighted by atomic mass is 32.2. The van der Waals surface area contributed by atoms with Gasteiger partial charge in [0.15, 0.2) is 35.9 Å². The summed E-state index contributed by atoms with van der Waals surface area (Å²) in [4.78, 5) is 89.0. The average molecular weight is 985 g/mol. The molecular formula is C46H48O22S. The molecule has 6 rings (SSSR count). The van der Waals surface area contributed by atoms with E-state index in [1.165, 1.54) is 62.4 Å².